The molecule has 0 radical (unpaired) electrons. The fourth-order valence-corrected chi connectivity index (χ4v) is 3.28. The second kappa shape index (κ2) is 4.05. The molecule has 1 aliphatic carbocycles. The van der Waals surface area contributed by atoms with Crippen molar-refractivity contribution in [3.63, 3.8) is 0 Å². The van der Waals surface area contributed by atoms with Crippen molar-refractivity contribution in [1.29, 1.82) is 0 Å². The predicted molar refractivity (Wildman–Crippen MR) is 74.3 cm³/mol. The Labute approximate surface area is 113 Å². The first-order valence-corrected chi connectivity index (χ1v) is 6.61. The highest BCUT2D eigenvalue weighted by molar-refractivity contribution is 5.92. The first kappa shape index (κ1) is 12.2. The van der Waals surface area contributed by atoms with E-state index in [9.17, 15) is 4.79 Å². The number of hydrogen-bond acceptors (Lipinski definition) is 2. The summed E-state index contributed by atoms with van der Waals surface area (Å²) in [6.07, 6.45) is 4.48. The summed E-state index contributed by atoms with van der Waals surface area (Å²) in [6, 6.07) is 8.68. The van der Waals surface area contributed by atoms with Crippen LogP contribution >= 0.6 is 0 Å². The lowest BCUT2D eigenvalue weighted by molar-refractivity contribution is 0.1000. The fraction of sp³-hybridized carbons (Fsp3) is 0.375. The smallest absolute Gasteiger partial charge is 0.177 e. The van der Waals surface area contributed by atoms with Gasteiger partial charge in [-0.25, -0.2) is 4.98 Å². The van der Waals surface area contributed by atoms with E-state index in [1.807, 2.05) is 4.57 Å². The quantitative estimate of drug-likeness (QED) is 0.771. The van der Waals surface area contributed by atoms with Crippen LogP contribution in [0.3, 0.4) is 0 Å². The molecule has 3 nitrogen and oxygen atoms in total. The number of Topliss-reactive ketones (excluding diaryl/α,β-unsaturated/α-hetero) is 1. The maximum absolute atomic E-state index is 11.7. The molecule has 19 heavy (non-hydrogen) atoms. The van der Waals surface area contributed by atoms with Gasteiger partial charge < -0.3 is 4.57 Å². The summed E-state index contributed by atoms with van der Waals surface area (Å²) in [7, 11) is 0. The zero-order valence-electron chi connectivity index (χ0n) is 11.6. The second-order valence-electron chi connectivity index (χ2n) is 6.01. The number of fused-ring (bicyclic) bond motifs is 1. The third-order valence-corrected chi connectivity index (χ3v) is 4.04. The molecule has 1 atom stereocenters. The molecule has 0 amide bonds. The average molecular weight is 254 g/mol. The number of carbonyl (C=O) groups excluding carboxylic acids is 1. The number of ketones is 1. The van der Waals surface area contributed by atoms with Crippen LogP contribution in [0.4, 0.5) is 0 Å². The van der Waals surface area contributed by atoms with Crippen molar-refractivity contribution >= 4 is 5.78 Å². The molecule has 2 aromatic rings. The summed E-state index contributed by atoms with van der Waals surface area (Å²) in [5.74, 6) is 0.0673. The second-order valence-corrected chi connectivity index (χ2v) is 6.01. The van der Waals surface area contributed by atoms with Gasteiger partial charge in [-0.15, -0.1) is 0 Å². The summed E-state index contributed by atoms with van der Waals surface area (Å²) in [5, 5.41) is 0. The van der Waals surface area contributed by atoms with Crippen LogP contribution in [0.25, 0.3) is 0 Å². The molecule has 0 bridgehead atoms. The van der Waals surface area contributed by atoms with Crippen molar-refractivity contribution in [1.82, 2.24) is 9.55 Å². The zero-order chi connectivity index (χ0) is 13.6. The van der Waals surface area contributed by atoms with E-state index in [2.05, 4.69) is 43.1 Å². The van der Waals surface area contributed by atoms with Gasteiger partial charge in [-0.05, 0) is 23.0 Å². The summed E-state index contributed by atoms with van der Waals surface area (Å²) < 4.78 is 2.04. The van der Waals surface area contributed by atoms with Crippen molar-refractivity contribution in [3.8, 4) is 0 Å². The van der Waals surface area contributed by atoms with Crippen molar-refractivity contribution in [3.05, 3.63) is 53.6 Å². The van der Waals surface area contributed by atoms with Crippen molar-refractivity contribution in [2.24, 2.45) is 5.41 Å². The molecule has 1 heterocycles. The van der Waals surface area contributed by atoms with Crippen LogP contribution in [0.2, 0.25) is 0 Å². The first-order valence-electron chi connectivity index (χ1n) is 6.61. The summed E-state index contributed by atoms with van der Waals surface area (Å²) >= 11 is 0. The van der Waals surface area contributed by atoms with Crippen LogP contribution in [0.5, 0.6) is 0 Å². The Morgan fingerprint density at radius 2 is 2.11 bits per heavy atom. The number of hydrogen-bond donors (Lipinski definition) is 0. The Morgan fingerprint density at radius 1 is 1.37 bits per heavy atom. The Kier molecular flexibility index (Phi) is 2.59. The SMILES string of the molecule is CC(=O)c1cncn1C1c2ccccc2CC1(C)C. The lowest BCUT2D eigenvalue weighted by atomic mass is 9.85. The largest absolute Gasteiger partial charge is 0.320 e. The number of benzene rings is 1. The normalized spacial score (nSPS) is 20.3. The van der Waals surface area contributed by atoms with Gasteiger partial charge in [0.05, 0.1) is 18.6 Å². The van der Waals surface area contributed by atoms with E-state index in [4.69, 9.17) is 0 Å². The molecule has 0 saturated heterocycles. The molecule has 0 aliphatic heterocycles. The van der Waals surface area contributed by atoms with Gasteiger partial charge in [0, 0.05) is 6.92 Å². The number of rotatable bonds is 2. The maximum atomic E-state index is 11.7. The Bertz CT molecular complexity index is 640. The Balaban J connectivity index is 2.18. The van der Waals surface area contributed by atoms with Gasteiger partial charge in [-0.2, -0.15) is 0 Å². The third-order valence-electron chi connectivity index (χ3n) is 4.04. The lowest BCUT2D eigenvalue weighted by Gasteiger charge is -2.29. The van der Waals surface area contributed by atoms with E-state index in [1.165, 1.54) is 11.1 Å². The third kappa shape index (κ3) is 1.81. The fourth-order valence-electron chi connectivity index (χ4n) is 3.28. The van der Waals surface area contributed by atoms with Crippen molar-refractivity contribution < 1.29 is 4.79 Å². The Morgan fingerprint density at radius 3 is 2.84 bits per heavy atom. The zero-order valence-corrected chi connectivity index (χ0v) is 11.6. The minimum Gasteiger partial charge on any atom is -0.320 e. The van der Waals surface area contributed by atoms with Gasteiger partial charge >= 0.3 is 0 Å². The minimum atomic E-state index is 0.0673. The van der Waals surface area contributed by atoms with Crippen LogP contribution in [0, 0.1) is 5.41 Å². The van der Waals surface area contributed by atoms with Gasteiger partial charge in [0.25, 0.3) is 0 Å². The summed E-state index contributed by atoms with van der Waals surface area (Å²) in [5.41, 5.74) is 3.47. The van der Waals surface area contributed by atoms with Crippen LogP contribution in [0.15, 0.2) is 36.8 Å². The van der Waals surface area contributed by atoms with E-state index in [-0.39, 0.29) is 17.2 Å². The van der Waals surface area contributed by atoms with Gasteiger partial charge in [-0.3, -0.25) is 4.79 Å². The van der Waals surface area contributed by atoms with Gasteiger partial charge in [-0.1, -0.05) is 38.1 Å². The van der Waals surface area contributed by atoms with Gasteiger partial charge in [0.2, 0.25) is 0 Å². The molecule has 0 fully saturated rings. The number of aromatic nitrogens is 2. The van der Waals surface area contributed by atoms with Crippen LogP contribution in [-0.2, 0) is 6.42 Å². The van der Waals surface area contributed by atoms with E-state index < -0.39 is 0 Å². The molecule has 0 N–H and O–H groups in total. The maximum Gasteiger partial charge on any atom is 0.177 e. The number of carbonyl (C=O) groups is 1. The van der Waals surface area contributed by atoms with E-state index >= 15 is 0 Å². The molecular weight excluding hydrogens is 236 g/mol. The van der Waals surface area contributed by atoms with Crippen molar-refractivity contribution in [2.75, 3.05) is 0 Å². The molecule has 1 aromatic carbocycles. The van der Waals surface area contributed by atoms with Crippen LogP contribution < -0.4 is 0 Å². The van der Waals surface area contributed by atoms with Crippen LogP contribution in [-0.4, -0.2) is 15.3 Å². The minimum absolute atomic E-state index is 0.0673. The first-order chi connectivity index (χ1) is 9.00. The number of nitrogens with zero attached hydrogens (tertiary/aromatic N) is 2. The monoisotopic (exact) mass is 254 g/mol. The summed E-state index contributed by atoms with van der Waals surface area (Å²) in [4.78, 5) is 15.9. The molecule has 1 unspecified atom stereocenters. The highest BCUT2D eigenvalue weighted by Gasteiger charge is 2.40. The number of imidazole rings is 1. The predicted octanol–water partition coefficient (Wildman–Crippen LogP) is 3.26. The van der Waals surface area contributed by atoms with Crippen LogP contribution in [0.1, 0.15) is 48.4 Å². The molecule has 1 aliphatic rings. The molecule has 98 valence electrons. The van der Waals surface area contributed by atoms with Gasteiger partial charge in [0.15, 0.2) is 5.78 Å². The summed E-state index contributed by atoms with van der Waals surface area (Å²) in [6.45, 7) is 6.10. The molecular formula is C16H18N2O. The highest BCUT2D eigenvalue weighted by Crippen LogP contribution is 2.47. The topological polar surface area (TPSA) is 34.9 Å². The Hall–Kier alpha value is -1.90. The van der Waals surface area contributed by atoms with E-state index in [0.29, 0.717) is 5.69 Å². The molecule has 0 spiro atoms. The molecule has 3 heteroatoms. The molecule has 3 rings (SSSR count). The lowest BCUT2D eigenvalue weighted by Crippen LogP contribution is -2.26. The van der Waals surface area contributed by atoms with E-state index in [1.54, 1.807) is 19.4 Å². The average Bonchev–Trinajstić information content (AvgIpc) is 2.88. The van der Waals surface area contributed by atoms with Crippen molar-refractivity contribution in [2.45, 2.75) is 33.2 Å². The van der Waals surface area contributed by atoms with Gasteiger partial charge in [0.1, 0.15) is 5.69 Å². The van der Waals surface area contributed by atoms with E-state index in [0.717, 1.165) is 6.42 Å². The molecule has 0 saturated carbocycles. The highest BCUT2D eigenvalue weighted by atomic mass is 16.1. The standard InChI is InChI=1S/C16H18N2O/c1-11(19)14-9-17-10-18(14)15-13-7-5-4-6-12(13)8-16(15,2)3/h4-7,9-10,15H,8H2,1-3H3. The molecule has 1 aromatic heterocycles.